The van der Waals surface area contributed by atoms with E-state index in [0.717, 1.165) is 37.1 Å². The number of anilines is 1. The number of nitrogens with one attached hydrogen (secondary N) is 2. The third-order valence-electron chi connectivity index (χ3n) is 5.49. The summed E-state index contributed by atoms with van der Waals surface area (Å²) in [7, 11) is 0. The van der Waals surface area contributed by atoms with Crippen LogP contribution in [-0.2, 0) is 13.1 Å². The van der Waals surface area contributed by atoms with Crippen LogP contribution >= 0.6 is 0 Å². The van der Waals surface area contributed by atoms with Crippen molar-refractivity contribution in [3.63, 3.8) is 0 Å². The second-order valence-electron chi connectivity index (χ2n) is 7.92. The number of nitrogens with zero attached hydrogens (tertiary/aromatic N) is 4. The van der Waals surface area contributed by atoms with E-state index >= 15 is 0 Å². The topological polar surface area (TPSA) is 57.5 Å². The Hall–Kier alpha value is -3.42. The SMILES string of the molecule is CCNC(=NCc1ccc(Cn2ccnc2)cc1)NC1CCN(c2ccc(F)cc2F)C1. The summed E-state index contributed by atoms with van der Waals surface area (Å²) >= 11 is 0. The lowest BCUT2D eigenvalue weighted by Crippen LogP contribution is -2.44. The molecule has 2 aromatic carbocycles. The minimum atomic E-state index is -0.559. The third-order valence-corrected chi connectivity index (χ3v) is 5.49. The summed E-state index contributed by atoms with van der Waals surface area (Å²) < 4.78 is 29.3. The van der Waals surface area contributed by atoms with Gasteiger partial charge in [-0.15, -0.1) is 0 Å². The number of hydrogen-bond acceptors (Lipinski definition) is 3. The maximum Gasteiger partial charge on any atom is 0.191 e. The minimum absolute atomic E-state index is 0.134. The number of halogens is 2. The molecule has 0 radical (unpaired) electrons. The van der Waals surface area contributed by atoms with Crippen molar-refractivity contribution in [2.24, 2.45) is 4.99 Å². The first kappa shape index (κ1) is 21.8. The molecule has 1 aliphatic heterocycles. The Bertz CT molecular complexity index is 1030. The van der Waals surface area contributed by atoms with Crippen molar-refractivity contribution in [1.29, 1.82) is 0 Å². The fraction of sp³-hybridized carbons (Fsp3) is 0.333. The van der Waals surface area contributed by atoms with Gasteiger partial charge >= 0.3 is 0 Å². The highest BCUT2D eigenvalue weighted by atomic mass is 19.1. The molecule has 1 atom stereocenters. The quantitative estimate of drug-likeness (QED) is 0.438. The van der Waals surface area contributed by atoms with Crippen LogP contribution in [0.4, 0.5) is 14.5 Å². The molecule has 3 aromatic rings. The van der Waals surface area contributed by atoms with Crippen molar-refractivity contribution < 1.29 is 8.78 Å². The standard InChI is InChI=1S/C24H28F2N6/c1-2-28-24(29-14-18-3-5-19(6-4-18)15-31-12-10-27-17-31)30-21-9-11-32(16-21)23-8-7-20(25)13-22(23)26/h3-8,10,12-13,17,21H,2,9,11,14-16H2,1H3,(H2,28,29,30). The predicted molar refractivity (Wildman–Crippen MR) is 123 cm³/mol. The van der Waals surface area contributed by atoms with Crippen LogP contribution in [0.1, 0.15) is 24.5 Å². The molecule has 1 aromatic heterocycles. The fourth-order valence-corrected chi connectivity index (χ4v) is 3.86. The van der Waals surface area contributed by atoms with E-state index in [1.54, 1.807) is 12.5 Å². The van der Waals surface area contributed by atoms with Crippen LogP contribution in [-0.4, -0.2) is 41.2 Å². The molecular formula is C24H28F2N6. The lowest BCUT2D eigenvalue weighted by atomic mass is 10.1. The first-order chi connectivity index (χ1) is 15.6. The molecule has 32 heavy (non-hydrogen) atoms. The molecule has 4 rings (SSSR count). The predicted octanol–water partition coefficient (Wildman–Crippen LogP) is 3.54. The van der Waals surface area contributed by atoms with Crippen LogP contribution in [0.5, 0.6) is 0 Å². The van der Waals surface area contributed by atoms with Gasteiger partial charge in [-0.2, -0.15) is 0 Å². The van der Waals surface area contributed by atoms with E-state index in [4.69, 9.17) is 4.99 Å². The molecule has 0 amide bonds. The highest BCUT2D eigenvalue weighted by Gasteiger charge is 2.25. The van der Waals surface area contributed by atoms with Crippen molar-refractivity contribution in [3.8, 4) is 0 Å². The summed E-state index contributed by atoms with van der Waals surface area (Å²) in [6, 6.07) is 12.3. The average molecular weight is 439 g/mol. The van der Waals surface area contributed by atoms with Crippen LogP contribution in [0.25, 0.3) is 0 Å². The Morgan fingerprint density at radius 3 is 2.69 bits per heavy atom. The van der Waals surface area contributed by atoms with Crippen molar-refractivity contribution >= 4 is 11.6 Å². The van der Waals surface area contributed by atoms with E-state index < -0.39 is 11.6 Å². The van der Waals surface area contributed by atoms with Gasteiger partial charge in [-0.1, -0.05) is 24.3 Å². The van der Waals surface area contributed by atoms with E-state index in [1.807, 2.05) is 22.6 Å². The van der Waals surface area contributed by atoms with Crippen LogP contribution in [0.15, 0.2) is 66.2 Å². The van der Waals surface area contributed by atoms with Gasteiger partial charge in [-0.05, 0) is 36.6 Å². The Balaban J connectivity index is 1.34. The van der Waals surface area contributed by atoms with Gasteiger partial charge in [0, 0.05) is 50.7 Å². The van der Waals surface area contributed by atoms with Gasteiger partial charge in [0.05, 0.1) is 18.6 Å². The summed E-state index contributed by atoms with van der Waals surface area (Å²) in [6.07, 6.45) is 6.38. The molecule has 8 heteroatoms. The third kappa shape index (κ3) is 5.63. The van der Waals surface area contributed by atoms with Crippen LogP contribution in [0, 0.1) is 11.6 Å². The van der Waals surface area contributed by atoms with E-state index in [2.05, 4.69) is 39.9 Å². The maximum absolute atomic E-state index is 14.1. The Kier molecular flexibility index (Phi) is 6.99. The molecule has 0 spiro atoms. The zero-order valence-corrected chi connectivity index (χ0v) is 18.1. The molecule has 0 saturated carbocycles. The number of benzene rings is 2. The van der Waals surface area contributed by atoms with Crippen molar-refractivity contribution in [1.82, 2.24) is 20.2 Å². The molecule has 1 saturated heterocycles. The Morgan fingerprint density at radius 1 is 1.16 bits per heavy atom. The number of imidazole rings is 1. The van der Waals surface area contributed by atoms with Gasteiger partial charge in [-0.3, -0.25) is 0 Å². The maximum atomic E-state index is 14.1. The van der Waals surface area contributed by atoms with Crippen molar-refractivity contribution in [3.05, 3.63) is 83.9 Å². The second kappa shape index (κ2) is 10.3. The van der Waals surface area contributed by atoms with Crippen molar-refractivity contribution in [2.75, 3.05) is 24.5 Å². The lowest BCUT2D eigenvalue weighted by molar-refractivity contribution is 0.580. The zero-order chi connectivity index (χ0) is 22.3. The molecule has 0 bridgehead atoms. The lowest BCUT2D eigenvalue weighted by Gasteiger charge is -2.21. The van der Waals surface area contributed by atoms with E-state index in [1.165, 1.54) is 17.7 Å². The first-order valence-corrected chi connectivity index (χ1v) is 10.9. The molecule has 1 aliphatic rings. The van der Waals surface area contributed by atoms with E-state index in [-0.39, 0.29) is 6.04 Å². The highest BCUT2D eigenvalue weighted by molar-refractivity contribution is 5.80. The highest BCUT2D eigenvalue weighted by Crippen LogP contribution is 2.24. The Morgan fingerprint density at radius 2 is 1.97 bits per heavy atom. The second-order valence-corrected chi connectivity index (χ2v) is 7.92. The fourth-order valence-electron chi connectivity index (χ4n) is 3.86. The Labute approximate surface area is 187 Å². The molecule has 6 nitrogen and oxygen atoms in total. The van der Waals surface area contributed by atoms with Gasteiger partial charge in [0.1, 0.15) is 11.6 Å². The average Bonchev–Trinajstić information content (AvgIpc) is 3.45. The van der Waals surface area contributed by atoms with Gasteiger partial charge < -0.3 is 20.1 Å². The molecule has 1 unspecified atom stereocenters. The van der Waals surface area contributed by atoms with Crippen LogP contribution in [0.3, 0.4) is 0 Å². The monoisotopic (exact) mass is 438 g/mol. The summed E-state index contributed by atoms with van der Waals surface area (Å²) in [5.74, 6) is -0.347. The van der Waals surface area contributed by atoms with E-state index in [9.17, 15) is 8.78 Å². The molecule has 168 valence electrons. The number of aliphatic imine (C=N–C) groups is 1. The minimum Gasteiger partial charge on any atom is -0.367 e. The van der Waals surface area contributed by atoms with Gasteiger partial charge in [0.25, 0.3) is 0 Å². The summed E-state index contributed by atoms with van der Waals surface area (Å²) in [5.41, 5.74) is 2.77. The van der Waals surface area contributed by atoms with E-state index in [0.29, 0.717) is 25.3 Å². The molecule has 1 fully saturated rings. The van der Waals surface area contributed by atoms with Crippen LogP contribution in [0.2, 0.25) is 0 Å². The smallest absolute Gasteiger partial charge is 0.191 e. The van der Waals surface area contributed by atoms with Gasteiger partial charge in [0.15, 0.2) is 5.96 Å². The summed E-state index contributed by atoms with van der Waals surface area (Å²) in [4.78, 5) is 10.7. The number of aromatic nitrogens is 2. The van der Waals surface area contributed by atoms with Gasteiger partial charge in [0.2, 0.25) is 0 Å². The van der Waals surface area contributed by atoms with Gasteiger partial charge in [-0.25, -0.2) is 18.8 Å². The molecule has 2 N–H and O–H groups in total. The van der Waals surface area contributed by atoms with Crippen molar-refractivity contribution in [2.45, 2.75) is 32.5 Å². The number of hydrogen-bond donors (Lipinski definition) is 2. The largest absolute Gasteiger partial charge is 0.367 e. The summed E-state index contributed by atoms with van der Waals surface area (Å²) in [5, 5.41) is 6.73. The first-order valence-electron chi connectivity index (χ1n) is 10.9. The molecule has 0 aliphatic carbocycles. The number of rotatable bonds is 7. The van der Waals surface area contributed by atoms with Crippen LogP contribution < -0.4 is 15.5 Å². The molecular weight excluding hydrogens is 410 g/mol. The zero-order valence-electron chi connectivity index (χ0n) is 18.1. The summed E-state index contributed by atoms with van der Waals surface area (Å²) in [6.45, 7) is 5.47. The number of guanidine groups is 1. The normalized spacial score (nSPS) is 16.4. The molecule has 2 heterocycles.